The number of aliphatic imine (C=N–C) groups is 1. The molecule has 7 rings (SSSR count). The summed E-state index contributed by atoms with van der Waals surface area (Å²) in [5, 5.41) is 5.38. The quantitative estimate of drug-likeness (QED) is 0.124. The van der Waals surface area contributed by atoms with Crippen LogP contribution in [0.4, 0.5) is 15.3 Å². The maximum Gasteiger partial charge on any atom is 0.407 e. The zero-order chi connectivity index (χ0) is 40.4. The number of amides is 4. The minimum absolute atomic E-state index is 0.126. The van der Waals surface area contributed by atoms with Crippen LogP contribution in [0.3, 0.4) is 0 Å². The summed E-state index contributed by atoms with van der Waals surface area (Å²) in [7, 11) is 2.56. The minimum Gasteiger partial charge on any atom is -0.454 e. The Morgan fingerprint density at radius 3 is 1.75 bits per heavy atom. The molecule has 5 heterocycles. The minimum atomic E-state index is -0.715. The number of H-pyrrole nitrogens is 2. The fourth-order valence-electron chi connectivity index (χ4n) is 7.73. The number of hydrogen-bond donors (Lipinski definition) is 4. The van der Waals surface area contributed by atoms with Gasteiger partial charge in [0.15, 0.2) is 5.75 Å². The SMILES string of the molecule is COC(=O)N[C@H](C(=O)N1CCC[C@H]1c1ncc(-c2ccc3c(c2)C=Nc2ccc(-c4cnc([C@@H]5CCCN5C(=O)[C@@H](NC(=O)OC)C(C)C)[nH]4)cc2O3)[nH]1)C(C)C. The fourth-order valence-corrected chi connectivity index (χ4v) is 7.73. The maximum atomic E-state index is 13.6. The van der Waals surface area contributed by atoms with Gasteiger partial charge in [-0.25, -0.2) is 19.6 Å². The van der Waals surface area contributed by atoms with Crippen LogP contribution in [-0.2, 0) is 19.1 Å². The predicted molar refractivity (Wildman–Crippen MR) is 211 cm³/mol. The molecule has 0 unspecified atom stereocenters. The van der Waals surface area contributed by atoms with Crippen LogP contribution < -0.4 is 15.4 Å². The van der Waals surface area contributed by atoms with Crippen LogP contribution in [0.5, 0.6) is 11.5 Å². The van der Waals surface area contributed by atoms with Gasteiger partial charge in [0.05, 0.1) is 50.1 Å². The number of ether oxygens (including phenoxy) is 3. The summed E-state index contributed by atoms with van der Waals surface area (Å²) in [6, 6.07) is 9.65. The van der Waals surface area contributed by atoms with Crippen LogP contribution in [0.2, 0.25) is 0 Å². The van der Waals surface area contributed by atoms with E-state index in [4.69, 9.17) is 19.2 Å². The van der Waals surface area contributed by atoms with Crippen LogP contribution in [0.25, 0.3) is 22.5 Å². The number of likely N-dealkylation sites (tertiary alicyclic amines) is 2. The number of hydrogen-bond acceptors (Lipinski definition) is 10. The van der Waals surface area contributed by atoms with Gasteiger partial charge in [-0.1, -0.05) is 33.8 Å². The van der Waals surface area contributed by atoms with Crippen molar-refractivity contribution >= 4 is 35.9 Å². The number of alkyl carbamates (subject to hydrolysis) is 2. The Morgan fingerprint density at radius 2 is 1.25 bits per heavy atom. The van der Waals surface area contributed by atoms with E-state index in [0.29, 0.717) is 41.9 Å². The number of fused-ring (bicyclic) bond motifs is 2. The summed E-state index contributed by atoms with van der Waals surface area (Å²) in [6.45, 7) is 8.69. The van der Waals surface area contributed by atoms with Crippen molar-refractivity contribution in [2.24, 2.45) is 16.8 Å². The van der Waals surface area contributed by atoms with Crippen molar-refractivity contribution in [1.29, 1.82) is 0 Å². The van der Waals surface area contributed by atoms with Gasteiger partial charge in [0.25, 0.3) is 0 Å². The van der Waals surface area contributed by atoms with E-state index in [1.54, 1.807) is 28.4 Å². The van der Waals surface area contributed by atoms with Crippen molar-refractivity contribution in [2.45, 2.75) is 77.5 Å². The molecule has 4 atom stereocenters. The first-order valence-corrected chi connectivity index (χ1v) is 19.4. The number of imidazole rings is 2. The van der Waals surface area contributed by atoms with Crippen LogP contribution >= 0.6 is 0 Å². The Bertz CT molecular complexity index is 2180. The molecule has 300 valence electrons. The molecule has 0 spiro atoms. The summed E-state index contributed by atoms with van der Waals surface area (Å²) in [5.41, 5.74) is 4.72. The largest absolute Gasteiger partial charge is 0.454 e. The Labute approximate surface area is 330 Å². The number of aromatic amines is 2. The molecule has 3 aliphatic rings. The highest BCUT2D eigenvalue weighted by Crippen LogP contribution is 2.41. The molecule has 2 fully saturated rings. The third kappa shape index (κ3) is 8.07. The predicted octanol–water partition coefficient (Wildman–Crippen LogP) is 6.41. The van der Waals surface area contributed by atoms with Crippen LogP contribution in [0, 0.1) is 11.8 Å². The van der Waals surface area contributed by atoms with Gasteiger partial charge in [-0.05, 0) is 67.9 Å². The summed E-state index contributed by atoms with van der Waals surface area (Å²) in [5.74, 6) is 1.98. The highest BCUT2D eigenvalue weighted by atomic mass is 16.5. The zero-order valence-electron chi connectivity index (χ0n) is 33.0. The molecule has 0 aliphatic carbocycles. The van der Waals surface area contributed by atoms with E-state index in [1.807, 2.05) is 64.1 Å². The summed E-state index contributed by atoms with van der Waals surface area (Å²) < 4.78 is 16.0. The number of carbonyl (C=O) groups is 4. The van der Waals surface area contributed by atoms with Crippen molar-refractivity contribution in [1.82, 2.24) is 40.4 Å². The molecular weight excluding hydrogens is 731 g/mol. The molecule has 2 saturated heterocycles. The van der Waals surface area contributed by atoms with Crippen molar-refractivity contribution in [3.8, 4) is 34.0 Å². The second kappa shape index (κ2) is 16.5. The first-order valence-electron chi connectivity index (χ1n) is 19.4. The highest BCUT2D eigenvalue weighted by Gasteiger charge is 2.39. The fraction of sp³-hybridized carbons (Fsp3) is 0.439. The molecule has 4 amide bonds. The molecule has 0 bridgehead atoms. The monoisotopic (exact) mass is 779 g/mol. The van der Waals surface area contributed by atoms with Crippen molar-refractivity contribution in [2.75, 3.05) is 27.3 Å². The van der Waals surface area contributed by atoms with E-state index in [2.05, 4.69) is 30.6 Å². The third-order valence-electron chi connectivity index (χ3n) is 10.8. The number of methoxy groups -OCH3 is 2. The molecular formula is C41H49N9O7. The topological polar surface area (TPSA) is 196 Å². The smallest absolute Gasteiger partial charge is 0.407 e. The number of rotatable bonds is 10. The van der Waals surface area contributed by atoms with Crippen molar-refractivity contribution < 1.29 is 33.4 Å². The van der Waals surface area contributed by atoms with Gasteiger partial charge in [-0.2, -0.15) is 0 Å². The Hall–Kier alpha value is -6.19. The van der Waals surface area contributed by atoms with Gasteiger partial charge in [0.1, 0.15) is 35.2 Å². The van der Waals surface area contributed by atoms with Crippen LogP contribution in [0.1, 0.15) is 82.7 Å². The summed E-state index contributed by atoms with van der Waals surface area (Å²) in [4.78, 5) is 75.7. The number of carbonyl (C=O) groups excluding carboxylic acids is 4. The van der Waals surface area contributed by atoms with Gasteiger partial charge < -0.3 is 44.6 Å². The van der Waals surface area contributed by atoms with Crippen LogP contribution in [-0.4, -0.2) is 99.3 Å². The molecule has 16 heteroatoms. The molecule has 2 aromatic heterocycles. The molecule has 57 heavy (non-hydrogen) atoms. The average molecular weight is 780 g/mol. The third-order valence-corrected chi connectivity index (χ3v) is 10.8. The lowest BCUT2D eigenvalue weighted by Gasteiger charge is -2.30. The molecule has 4 N–H and O–H groups in total. The molecule has 0 saturated carbocycles. The Kier molecular flexibility index (Phi) is 11.3. The lowest BCUT2D eigenvalue weighted by Crippen LogP contribution is -2.51. The maximum absolute atomic E-state index is 13.6. The lowest BCUT2D eigenvalue weighted by atomic mass is 10.0. The second-order valence-corrected chi connectivity index (χ2v) is 15.3. The van der Waals surface area contributed by atoms with Crippen molar-refractivity contribution in [3.63, 3.8) is 0 Å². The van der Waals surface area contributed by atoms with Gasteiger partial charge >= 0.3 is 12.2 Å². The zero-order valence-corrected chi connectivity index (χ0v) is 33.0. The van der Waals surface area contributed by atoms with Gasteiger partial charge in [-0.15, -0.1) is 0 Å². The summed E-state index contributed by atoms with van der Waals surface area (Å²) >= 11 is 0. The molecule has 4 aromatic rings. The van der Waals surface area contributed by atoms with Crippen LogP contribution in [0.15, 0.2) is 53.8 Å². The Morgan fingerprint density at radius 1 is 0.737 bits per heavy atom. The van der Waals surface area contributed by atoms with E-state index in [-0.39, 0.29) is 35.7 Å². The number of aromatic nitrogens is 4. The van der Waals surface area contributed by atoms with Gasteiger partial charge in [-0.3, -0.25) is 14.6 Å². The number of benzene rings is 2. The van der Waals surface area contributed by atoms with E-state index in [0.717, 1.165) is 53.8 Å². The van der Waals surface area contributed by atoms with E-state index in [1.165, 1.54) is 14.2 Å². The molecule has 0 radical (unpaired) electrons. The van der Waals surface area contributed by atoms with E-state index in [9.17, 15) is 19.2 Å². The average Bonchev–Trinajstić information content (AvgIpc) is 4.04. The van der Waals surface area contributed by atoms with E-state index >= 15 is 0 Å². The standard InChI is InChI=1S/C41H49N9O7/c1-22(2)34(47-40(53)55-5)38(51)49-15-7-9-30(49)36-43-20-28(45-36)24-12-14-32-26(17-24)19-42-27-13-11-25(18-33(27)57-32)29-21-44-37(46-29)31-10-8-16-50(31)39(52)35(23(3)4)48-41(54)56-6/h11-14,17-23,30-31,34-35H,7-10,15-16H2,1-6H3,(H,43,45)(H,44,46)(H,47,53)(H,48,54)/t30-,31-,34-,35-/m0/s1. The van der Waals surface area contributed by atoms with Gasteiger partial charge in [0, 0.05) is 36.0 Å². The normalized spacial score (nSPS) is 18.4. The Balaban J connectivity index is 1.05. The molecule has 16 nitrogen and oxygen atoms in total. The summed E-state index contributed by atoms with van der Waals surface area (Å²) in [6.07, 6.45) is 7.16. The highest BCUT2D eigenvalue weighted by molar-refractivity contribution is 5.90. The number of nitrogens with one attached hydrogen (secondary N) is 4. The van der Waals surface area contributed by atoms with E-state index < -0.39 is 24.3 Å². The molecule has 3 aliphatic heterocycles. The van der Waals surface area contributed by atoms with Crippen molar-refractivity contribution in [3.05, 3.63) is 66.0 Å². The van der Waals surface area contributed by atoms with Gasteiger partial charge in [0.2, 0.25) is 11.8 Å². The molecule has 2 aromatic carbocycles. The first-order chi connectivity index (χ1) is 27.4. The second-order valence-electron chi connectivity index (χ2n) is 15.3. The number of nitrogens with zero attached hydrogens (tertiary/aromatic N) is 5. The first kappa shape index (κ1) is 39.1. The lowest BCUT2D eigenvalue weighted by molar-refractivity contribution is -0.136.